The highest BCUT2D eigenvalue weighted by atomic mass is 16.1. The first-order chi connectivity index (χ1) is 7.44. The van der Waals surface area contributed by atoms with Crippen molar-refractivity contribution in [2.45, 2.75) is 13.3 Å². The van der Waals surface area contributed by atoms with E-state index < -0.39 is 5.41 Å². The summed E-state index contributed by atoms with van der Waals surface area (Å²) in [6.45, 7) is 2.58. The molecular formula is C13H20N2O. The van der Waals surface area contributed by atoms with E-state index in [0.717, 1.165) is 5.56 Å². The van der Waals surface area contributed by atoms with E-state index in [0.29, 0.717) is 13.0 Å². The van der Waals surface area contributed by atoms with Gasteiger partial charge in [0.15, 0.2) is 0 Å². The van der Waals surface area contributed by atoms with E-state index >= 15 is 0 Å². The van der Waals surface area contributed by atoms with Gasteiger partial charge in [-0.1, -0.05) is 30.3 Å². The molecule has 88 valence electrons. The molecule has 0 radical (unpaired) electrons. The van der Waals surface area contributed by atoms with Crippen LogP contribution in [-0.4, -0.2) is 31.4 Å². The smallest absolute Gasteiger partial charge is 0.224 e. The lowest BCUT2D eigenvalue weighted by molar-refractivity contribution is -0.127. The molecule has 0 aromatic heterocycles. The van der Waals surface area contributed by atoms with Crippen LogP contribution in [0.5, 0.6) is 0 Å². The zero-order valence-electron chi connectivity index (χ0n) is 10.2. The Bertz CT molecular complexity index is 348. The minimum Gasteiger partial charge on any atom is -0.369 e. The summed E-state index contributed by atoms with van der Waals surface area (Å²) in [6.07, 6.45) is 0.682. The van der Waals surface area contributed by atoms with E-state index in [2.05, 4.69) is 0 Å². The van der Waals surface area contributed by atoms with Gasteiger partial charge < -0.3 is 10.6 Å². The van der Waals surface area contributed by atoms with Crippen molar-refractivity contribution in [1.29, 1.82) is 0 Å². The highest BCUT2D eigenvalue weighted by molar-refractivity contribution is 5.81. The van der Waals surface area contributed by atoms with Gasteiger partial charge in [0.25, 0.3) is 0 Å². The number of hydrogen-bond donors (Lipinski definition) is 1. The first-order valence-corrected chi connectivity index (χ1v) is 5.42. The number of benzene rings is 1. The van der Waals surface area contributed by atoms with Gasteiger partial charge in [-0.2, -0.15) is 0 Å². The van der Waals surface area contributed by atoms with Crippen LogP contribution in [0.25, 0.3) is 0 Å². The number of nitrogens with zero attached hydrogens (tertiary/aromatic N) is 1. The number of nitrogens with two attached hydrogens (primary N) is 1. The molecule has 1 amide bonds. The monoisotopic (exact) mass is 220 g/mol. The van der Waals surface area contributed by atoms with Crippen molar-refractivity contribution in [2.24, 2.45) is 11.1 Å². The number of primary amides is 1. The fraction of sp³-hybridized carbons (Fsp3) is 0.462. The summed E-state index contributed by atoms with van der Waals surface area (Å²) in [4.78, 5) is 13.6. The topological polar surface area (TPSA) is 46.3 Å². The van der Waals surface area contributed by atoms with Crippen molar-refractivity contribution in [3.05, 3.63) is 35.9 Å². The second-order valence-electron chi connectivity index (χ2n) is 4.83. The fourth-order valence-corrected chi connectivity index (χ4v) is 1.97. The van der Waals surface area contributed by atoms with Crippen molar-refractivity contribution >= 4 is 5.91 Å². The van der Waals surface area contributed by atoms with Gasteiger partial charge in [0.2, 0.25) is 5.91 Å². The minimum absolute atomic E-state index is 0.245. The van der Waals surface area contributed by atoms with Crippen LogP contribution in [0.4, 0.5) is 0 Å². The van der Waals surface area contributed by atoms with Crippen molar-refractivity contribution in [3.63, 3.8) is 0 Å². The second-order valence-corrected chi connectivity index (χ2v) is 4.83. The standard InChI is InChI=1S/C13H20N2O/c1-13(12(14)16,10-15(2)3)9-11-7-5-4-6-8-11/h4-8H,9-10H2,1-3H3,(H2,14,16). The number of rotatable bonds is 5. The van der Waals surface area contributed by atoms with Gasteiger partial charge in [-0.15, -0.1) is 0 Å². The molecule has 0 aliphatic carbocycles. The molecule has 0 saturated carbocycles. The van der Waals surface area contributed by atoms with Gasteiger partial charge in [-0.05, 0) is 33.0 Å². The minimum atomic E-state index is -0.509. The Hall–Kier alpha value is -1.35. The highest BCUT2D eigenvalue weighted by Gasteiger charge is 2.31. The molecule has 0 spiro atoms. The molecule has 0 aliphatic rings. The van der Waals surface area contributed by atoms with Crippen molar-refractivity contribution in [3.8, 4) is 0 Å². The quantitative estimate of drug-likeness (QED) is 0.812. The van der Waals surface area contributed by atoms with Crippen LogP contribution < -0.4 is 5.73 Å². The summed E-state index contributed by atoms with van der Waals surface area (Å²) in [6, 6.07) is 9.98. The van der Waals surface area contributed by atoms with Crippen LogP contribution in [0.1, 0.15) is 12.5 Å². The van der Waals surface area contributed by atoms with Crippen LogP contribution in [0.3, 0.4) is 0 Å². The molecule has 0 fully saturated rings. The maximum atomic E-state index is 11.6. The molecule has 1 aromatic rings. The molecule has 1 unspecified atom stereocenters. The Morgan fingerprint density at radius 1 is 1.31 bits per heavy atom. The normalized spacial score (nSPS) is 14.8. The van der Waals surface area contributed by atoms with Crippen LogP contribution in [0.15, 0.2) is 30.3 Å². The molecule has 0 saturated heterocycles. The van der Waals surface area contributed by atoms with Gasteiger partial charge in [-0.3, -0.25) is 4.79 Å². The first kappa shape index (κ1) is 12.7. The predicted octanol–water partition coefficient (Wildman–Crippen LogP) is 1.28. The van der Waals surface area contributed by atoms with E-state index in [4.69, 9.17) is 5.73 Å². The molecule has 1 aromatic carbocycles. The van der Waals surface area contributed by atoms with Crippen LogP contribution >= 0.6 is 0 Å². The Morgan fingerprint density at radius 2 is 1.88 bits per heavy atom. The molecule has 1 atom stereocenters. The van der Waals surface area contributed by atoms with Gasteiger partial charge in [0.1, 0.15) is 0 Å². The number of hydrogen-bond acceptors (Lipinski definition) is 2. The summed E-state index contributed by atoms with van der Waals surface area (Å²) in [5, 5.41) is 0. The molecule has 2 N–H and O–H groups in total. The average Bonchev–Trinajstić information content (AvgIpc) is 2.17. The van der Waals surface area contributed by atoms with E-state index in [-0.39, 0.29) is 5.91 Å². The van der Waals surface area contributed by atoms with Gasteiger partial charge >= 0.3 is 0 Å². The molecule has 3 nitrogen and oxygen atoms in total. The lowest BCUT2D eigenvalue weighted by Crippen LogP contribution is -2.44. The third-order valence-electron chi connectivity index (χ3n) is 2.70. The SMILES string of the molecule is CN(C)CC(C)(Cc1ccccc1)C(N)=O. The predicted molar refractivity (Wildman–Crippen MR) is 66.0 cm³/mol. The molecule has 3 heteroatoms. The van der Waals surface area contributed by atoms with Crippen LogP contribution in [0.2, 0.25) is 0 Å². The zero-order valence-corrected chi connectivity index (χ0v) is 10.2. The van der Waals surface area contributed by atoms with E-state index in [1.165, 1.54) is 0 Å². The summed E-state index contributed by atoms with van der Waals surface area (Å²) in [5.74, 6) is -0.245. The van der Waals surface area contributed by atoms with E-state index in [1.54, 1.807) is 0 Å². The van der Waals surface area contributed by atoms with Crippen molar-refractivity contribution < 1.29 is 4.79 Å². The van der Waals surface area contributed by atoms with Gasteiger partial charge in [-0.25, -0.2) is 0 Å². The number of carbonyl (C=O) groups excluding carboxylic acids is 1. The van der Waals surface area contributed by atoms with E-state index in [9.17, 15) is 4.79 Å². The molecule has 1 rings (SSSR count). The average molecular weight is 220 g/mol. The third-order valence-corrected chi connectivity index (χ3v) is 2.70. The van der Waals surface area contributed by atoms with Crippen molar-refractivity contribution in [1.82, 2.24) is 4.90 Å². The Balaban J connectivity index is 2.83. The van der Waals surface area contributed by atoms with Crippen LogP contribution in [-0.2, 0) is 11.2 Å². The molecule has 0 heterocycles. The lowest BCUT2D eigenvalue weighted by atomic mass is 9.82. The van der Waals surface area contributed by atoms with Gasteiger partial charge in [0.05, 0.1) is 5.41 Å². The van der Waals surface area contributed by atoms with Crippen LogP contribution in [0, 0.1) is 5.41 Å². The van der Waals surface area contributed by atoms with Gasteiger partial charge in [0, 0.05) is 6.54 Å². The third kappa shape index (κ3) is 3.35. The second kappa shape index (κ2) is 5.12. The summed E-state index contributed by atoms with van der Waals surface area (Å²) < 4.78 is 0. The maximum absolute atomic E-state index is 11.6. The molecule has 0 bridgehead atoms. The maximum Gasteiger partial charge on any atom is 0.224 e. The Kier molecular flexibility index (Phi) is 4.07. The lowest BCUT2D eigenvalue weighted by Gasteiger charge is -2.29. The number of amides is 1. The molecular weight excluding hydrogens is 200 g/mol. The summed E-state index contributed by atoms with van der Waals surface area (Å²) >= 11 is 0. The number of carbonyl (C=O) groups is 1. The zero-order chi connectivity index (χ0) is 12.2. The largest absolute Gasteiger partial charge is 0.369 e. The summed E-state index contributed by atoms with van der Waals surface area (Å²) in [7, 11) is 3.90. The summed E-state index contributed by atoms with van der Waals surface area (Å²) in [5.41, 5.74) is 6.14. The Labute approximate surface area is 97.2 Å². The molecule has 0 aliphatic heterocycles. The highest BCUT2D eigenvalue weighted by Crippen LogP contribution is 2.22. The van der Waals surface area contributed by atoms with Crippen molar-refractivity contribution in [2.75, 3.05) is 20.6 Å². The first-order valence-electron chi connectivity index (χ1n) is 5.42. The fourth-order valence-electron chi connectivity index (χ4n) is 1.97. The molecule has 16 heavy (non-hydrogen) atoms. The van der Waals surface area contributed by atoms with E-state index in [1.807, 2.05) is 56.3 Å². The Morgan fingerprint density at radius 3 is 2.31 bits per heavy atom.